The Kier molecular flexibility index (Phi) is 7.19. The summed E-state index contributed by atoms with van der Waals surface area (Å²) >= 11 is 5.73. The summed E-state index contributed by atoms with van der Waals surface area (Å²) in [5, 5.41) is 4.16. The highest BCUT2D eigenvalue weighted by molar-refractivity contribution is 7.89. The fourth-order valence-corrected chi connectivity index (χ4v) is 3.36. The van der Waals surface area contributed by atoms with Crippen LogP contribution in [0, 0.1) is 0 Å². The van der Waals surface area contributed by atoms with Crippen molar-refractivity contribution < 1.29 is 27.2 Å². The zero-order valence-corrected chi connectivity index (χ0v) is 17.4. The molecule has 0 radical (unpaired) electrons. The molecular weight excluding hydrogens is 446 g/mol. The molecule has 0 aliphatic heterocycles. The van der Waals surface area contributed by atoms with Crippen molar-refractivity contribution in [2.75, 3.05) is 6.54 Å². The summed E-state index contributed by atoms with van der Waals surface area (Å²) in [5.74, 6) is -0.892. The minimum absolute atomic E-state index is 0.0129. The van der Waals surface area contributed by atoms with Crippen LogP contribution >= 0.6 is 11.6 Å². The maximum Gasteiger partial charge on any atom is 0.379 e. The molecule has 1 aromatic heterocycles. The van der Waals surface area contributed by atoms with E-state index in [9.17, 15) is 18.0 Å². The van der Waals surface area contributed by atoms with Gasteiger partial charge in [0.1, 0.15) is 5.75 Å². The summed E-state index contributed by atoms with van der Waals surface area (Å²) < 4.78 is 36.5. The predicted molar refractivity (Wildman–Crippen MR) is 112 cm³/mol. The Morgan fingerprint density at radius 2 is 1.77 bits per heavy atom. The minimum Gasteiger partial charge on any atom is -0.457 e. The summed E-state index contributed by atoms with van der Waals surface area (Å²) in [6.07, 6.45) is 2.72. The molecule has 160 valence electrons. The predicted octanol–water partition coefficient (Wildman–Crippen LogP) is 2.58. The van der Waals surface area contributed by atoms with Crippen LogP contribution in [0.3, 0.4) is 0 Å². The van der Waals surface area contributed by atoms with Gasteiger partial charge in [-0.1, -0.05) is 11.6 Å². The van der Waals surface area contributed by atoms with Crippen molar-refractivity contribution >= 4 is 39.7 Å². The number of halogens is 1. The first-order valence-corrected chi connectivity index (χ1v) is 10.6. The van der Waals surface area contributed by atoms with Crippen LogP contribution in [0.25, 0.3) is 0 Å². The number of hydrogen-bond acceptors (Lipinski definition) is 7. The molecule has 11 heteroatoms. The molecule has 1 amide bonds. The normalized spacial score (nSPS) is 11.4. The number of hydrogen-bond donors (Lipinski definition) is 2. The van der Waals surface area contributed by atoms with Crippen molar-refractivity contribution in [1.29, 1.82) is 0 Å². The van der Waals surface area contributed by atoms with E-state index in [4.69, 9.17) is 20.8 Å². The number of furan rings is 1. The van der Waals surface area contributed by atoms with Crippen molar-refractivity contribution in [3.8, 4) is 5.75 Å². The molecule has 2 aromatic carbocycles. The lowest BCUT2D eigenvalue weighted by molar-refractivity contribution is -0.119. The van der Waals surface area contributed by atoms with Gasteiger partial charge in [-0.3, -0.25) is 4.79 Å². The van der Waals surface area contributed by atoms with Gasteiger partial charge in [0, 0.05) is 5.02 Å². The average molecular weight is 462 g/mol. The third-order valence-electron chi connectivity index (χ3n) is 3.76. The van der Waals surface area contributed by atoms with Gasteiger partial charge in [-0.2, -0.15) is 5.10 Å². The van der Waals surface area contributed by atoms with Crippen molar-refractivity contribution in [2.24, 2.45) is 5.10 Å². The zero-order valence-electron chi connectivity index (χ0n) is 15.8. The number of nitrogens with one attached hydrogen (secondary N) is 2. The zero-order chi connectivity index (χ0) is 22.3. The first-order chi connectivity index (χ1) is 14.8. The summed E-state index contributed by atoms with van der Waals surface area (Å²) in [5.41, 5.74) is 2.83. The molecule has 0 unspecified atom stereocenters. The molecule has 0 bridgehead atoms. The van der Waals surface area contributed by atoms with E-state index in [-0.39, 0.29) is 10.7 Å². The molecule has 0 saturated heterocycles. The molecule has 3 aromatic rings. The highest BCUT2D eigenvalue weighted by Crippen LogP contribution is 2.14. The number of esters is 1. The highest BCUT2D eigenvalue weighted by Gasteiger charge is 2.15. The van der Waals surface area contributed by atoms with E-state index < -0.39 is 28.4 Å². The first-order valence-electron chi connectivity index (χ1n) is 8.76. The van der Waals surface area contributed by atoms with Crippen molar-refractivity contribution in [3.63, 3.8) is 0 Å². The number of benzene rings is 2. The van der Waals surface area contributed by atoms with E-state index in [0.717, 1.165) is 0 Å². The minimum atomic E-state index is -3.85. The third kappa shape index (κ3) is 6.51. The third-order valence-corrected chi connectivity index (χ3v) is 5.43. The molecule has 3 rings (SSSR count). The van der Waals surface area contributed by atoms with E-state index in [0.29, 0.717) is 16.3 Å². The fourth-order valence-electron chi connectivity index (χ4n) is 2.25. The van der Waals surface area contributed by atoms with Gasteiger partial charge in [0.05, 0.1) is 23.9 Å². The maximum absolute atomic E-state index is 12.1. The Bertz CT molecular complexity index is 1170. The lowest BCUT2D eigenvalue weighted by atomic mass is 10.2. The van der Waals surface area contributed by atoms with Crippen molar-refractivity contribution in [2.45, 2.75) is 4.90 Å². The Labute approximate surface area is 182 Å². The topological polar surface area (TPSA) is 127 Å². The summed E-state index contributed by atoms with van der Waals surface area (Å²) in [6.45, 7) is -0.496. The Morgan fingerprint density at radius 3 is 2.42 bits per heavy atom. The monoisotopic (exact) mass is 461 g/mol. The van der Waals surface area contributed by atoms with Crippen LogP contribution in [0.15, 0.2) is 81.3 Å². The molecule has 0 aliphatic carbocycles. The standard InChI is InChI=1S/C20H16ClN3O6S/c21-15-5-9-17(10-6-15)31(27,28)23-13-19(25)24-22-12-14-3-7-16(8-4-14)30-20(26)18-2-1-11-29-18/h1-12,23H,13H2,(H,24,25)/b22-12+. The summed E-state index contributed by atoms with van der Waals surface area (Å²) in [6, 6.07) is 14.9. The number of nitrogens with zero attached hydrogens (tertiary/aromatic N) is 1. The molecule has 1 heterocycles. The van der Waals surface area contributed by atoms with Gasteiger partial charge in [-0.15, -0.1) is 0 Å². The molecule has 31 heavy (non-hydrogen) atoms. The highest BCUT2D eigenvalue weighted by atomic mass is 35.5. The first kappa shape index (κ1) is 22.2. The number of amides is 1. The maximum atomic E-state index is 12.1. The number of ether oxygens (including phenoxy) is 1. The summed E-state index contributed by atoms with van der Waals surface area (Å²) in [4.78, 5) is 23.6. The molecule has 0 aliphatic rings. The van der Waals surface area contributed by atoms with E-state index in [2.05, 4.69) is 15.2 Å². The molecule has 0 saturated carbocycles. The lowest BCUT2D eigenvalue weighted by Gasteiger charge is -2.06. The number of carbonyl (C=O) groups is 2. The van der Waals surface area contributed by atoms with Gasteiger partial charge in [0.2, 0.25) is 15.8 Å². The van der Waals surface area contributed by atoms with Crippen LogP contribution in [0.2, 0.25) is 5.02 Å². The number of rotatable bonds is 8. The van der Waals surface area contributed by atoms with Crippen LogP contribution in [-0.4, -0.2) is 33.1 Å². The van der Waals surface area contributed by atoms with Crippen LogP contribution in [0.5, 0.6) is 5.75 Å². The summed E-state index contributed by atoms with van der Waals surface area (Å²) in [7, 11) is -3.85. The number of hydrazone groups is 1. The molecule has 9 nitrogen and oxygen atoms in total. The second kappa shape index (κ2) is 10.0. The number of carbonyl (C=O) groups excluding carboxylic acids is 2. The van der Waals surface area contributed by atoms with Crippen molar-refractivity contribution in [1.82, 2.24) is 10.1 Å². The Balaban J connectivity index is 1.47. The van der Waals surface area contributed by atoms with Crippen LogP contribution in [0.1, 0.15) is 16.1 Å². The molecule has 0 atom stereocenters. The second-order valence-corrected chi connectivity index (χ2v) is 8.21. The molecule has 0 spiro atoms. The number of sulfonamides is 1. The fraction of sp³-hybridized carbons (Fsp3) is 0.0500. The Morgan fingerprint density at radius 1 is 1.06 bits per heavy atom. The van der Waals surface area contributed by atoms with Gasteiger partial charge < -0.3 is 9.15 Å². The van der Waals surface area contributed by atoms with E-state index in [1.165, 1.54) is 42.8 Å². The van der Waals surface area contributed by atoms with E-state index in [1.54, 1.807) is 30.3 Å². The quantitative estimate of drug-likeness (QED) is 0.230. The van der Waals surface area contributed by atoms with Crippen LogP contribution in [-0.2, 0) is 14.8 Å². The van der Waals surface area contributed by atoms with Crippen LogP contribution < -0.4 is 14.9 Å². The van der Waals surface area contributed by atoms with Gasteiger partial charge >= 0.3 is 5.97 Å². The van der Waals surface area contributed by atoms with Crippen molar-refractivity contribution in [3.05, 3.63) is 83.3 Å². The van der Waals surface area contributed by atoms with Gasteiger partial charge in [-0.25, -0.2) is 23.4 Å². The van der Waals surface area contributed by atoms with E-state index in [1.807, 2.05) is 0 Å². The van der Waals surface area contributed by atoms with Gasteiger partial charge in [0.25, 0.3) is 5.91 Å². The Hall–Kier alpha value is -3.47. The molecule has 0 fully saturated rings. The smallest absolute Gasteiger partial charge is 0.379 e. The van der Waals surface area contributed by atoms with Gasteiger partial charge in [0.15, 0.2) is 0 Å². The second-order valence-electron chi connectivity index (χ2n) is 6.01. The van der Waals surface area contributed by atoms with Crippen LogP contribution in [0.4, 0.5) is 0 Å². The largest absolute Gasteiger partial charge is 0.457 e. The van der Waals surface area contributed by atoms with E-state index >= 15 is 0 Å². The van der Waals surface area contributed by atoms with Gasteiger partial charge in [-0.05, 0) is 66.2 Å². The molecular formula is C20H16ClN3O6S. The SMILES string of the molecule is O=C(CNS(=O)(=O)c1ccc(Cl)cc1)N/N=C/c1ccc(OC(=O)c2ccco2)cc1. The average Bonchev–Trinajstić information content (AvgIpc) is 3.29. The lowest BCUT2D eigenvalue weighted by Crippen LogP contribution is -2.34. The molecule has 2 N–H and O–H groups in total.